The molecular formula is C21H30N2O2S. The first-order valence-electron chi connectivity index (χ1n) is 10.0. The lowest BCUT2D eigenvalue weighted by Crippen LogP contribution is -2.41. The van der Waals surface area contributed by atoms with Crippen LogP contribution in [0, 0.1) is 11.8 Å². The molecule has 4 atom stereocenters. The Bertz CT molecular complexity index is 644. The lowest BCUT2D eigenvalue weighted by atomic mass is 9.73. The third-order valence-electron chi connectivity index (χ3n) is 6.36. The zero-order chi connectivity index (χ0) is 18.0. The molecular weight excluding hydrogens is 344 g/mol. The average Bonchev–Trinajstić information content (AvgIpc) is 3.38. The van der Waals surface area contributed by atoms with Crippen molar-refractivity contribution < 1.29 is 9.53 Å². The summed E-state index contributed by atoms with van der Waals surface area (Å²) in [6, 6.07) is 4.35. The number of fused-ring (bicyclic) bond motifs is 1. The topological polar surface area (TPSA) is 41.6 Å². The molecule has 3 aliphatic rings. The number of nitrogens with one attached hydrogen (secondary N) is 1. The van der Waals surface area contributed by atoms with E-state index in [0.717, 1.165) is 45.4 Å². The van der Waals surface area contributed by atoms with Gasteiger partial charge in [0.2, 0.25) is 5.91 Å². The van der Waals surface area contributed by atoms with E-state index in [1.54, 1.807) is 0 Å². The lowest BCUT2D eigenvalue weighted by molar-refractivity contribution is -0.121. The van der Waals surface area contributed by atoms with Gasteiger partial charge in [-0.3, -0.25) is 9.69 Å². The number of rotatable bonds is 8. The third-order valence-corrected chi connectivity index (χ3v) is 7.22. The molecule has 3 aliphatic heterocycles. The van der Waals surface area contributed by atoms with Crippen molar-refractivity contribution in [2.45, 2.75) is 57.3 Å². The van der Waals surface area contributed by atoms with E-state index < -0.39 is 0 Å². The molecule has 3 fully saturated rings. The zero-order valence-corrected chi connectivity index (χ0v) is 16.5. The van der Waals surface area contributed by atoms with Crippen molar-refractivity contribution in [1.82, 2.24) is 10.2 Å². The van der Waals surface area contributed by atoms with Crippen LogP contribution in [0.1, 0.15) is 43.9 Å². The summed E-state index contributed by atoms with van der Waals surface area (Å²) in [6.07, 6.45) is 9.43. The first kappa shape index (κ1) is 18.2. The van der Waals surface area contributed by atoms with Crippen LogP contribution in [0.4, 0.5) is 0 Å². The molecule has 5 heteroatoms. The smallest absolute Gasteiger partial charge is 0.220 e. The third kappa shape index (κ3) is 3.62. The van der Waals surface area contributed by atoms with Gasteiger partial charge >= 0.3 is 0 Å². The van der Waals surface area contributed by atoms with E-state index in [0.29, 0.717) is 24.4 Å². The fourth-order valence-corrected chi connectivity index (χ4v) is 5.92. The highest BCUT2D eigenvalue weighted by Gasteiger charge is 2.62. The molecule has 142 valence electrons. The van der Waals surface area contributed by atoms with E-state index in [1.807, 2.05) is 24.3 Å². The van der Waals surface area contributed by atoms with Crippen LogP contribution in [0.3, 0.4) is 0 Å². The summed E-state index contributed by atoms with van der Waals surface area (Å²) in [7, 11) is 0. The van der Waals surface area contributed by atoms with Gasteiger partial charge in [-0.05, 0) is 44.1 Å². The van der Waals surface area contributed by atoms with Gasteiger partial charge in [-0.15, -0.1) is 11.3 Å². The van der Waals surface area contributed by atoms with Crippen LogP contribution in [0.15, 0.2) is 29.7 Å². The summed E-state index contributed by atoms with van der Waals surface area (Å²) in [5, 5.41) is 5.35. The second-order valence-electron chi connectivity index (χ2n) is 8.04. The number of amides is 1. The van der Waals surface area contributed by atoms with Gasteiger partial charge in [0, 0.05) is 49.3 Å². The maximum atomic E-state index is 12.2. The van der Waals surface area contributed by atoms with E-state index >= 15 is 0 Å². The fraction of sp³-hybridized carbons (Fsp3) is 0.667. The summed E-state index contributed by atoms with van der Waals surface area (Å²) >= 11 is 1.84. The number of nitrogens with zero attached hydrogens (tertiary/aromatic N) is 1. The lowest BCUT2D eigenvalue weighted by Gasteiger charge is -2.29. The Labute approximate surface area is 160 Å². The normalized spacial score (nSPS) is 33.2. The van der Waals surface area contributed by atoms with Crippen molar-refractivity contribution in [3.05, 3.63) is 34.5 Å². The second kappa shape index (κ2) is 7.83. The Morgan fingerprint density at radius 2 is 2.46 bits per heavy atom. The van der Waals surface area contributed by atoms with Crippen molar-refractivity contribution in [1.29, 1.82) is 0 Å². The molecule has 1 spiro atoms. The predicted molar refractivity (Wildman–Crippen MR) is 105 cm³/mol. The Morgan fingerprint density at radius 3 is 3.27 bits per heavy atom. The molecule has 0 aliphatic carbocycles. The quantitative estimate of drug-likeness (QED) is 0.558. The summed E-state index contributed by atoms with van der Waals surface area (Å²) in [5.74, 6) is 1.25. The zero-order valence-electron chi connectivity index (χ0n) is 15.7. The number of allylic oxidation sites excluding steroid dienone is 2. The number of carbonyl (C=O) groups excluding carboxylic acids is 1. The highest BCUT2D eigenvalue weighted by Crippen LogP contribution is 2.54. The number of unbranched alkanes of at least 4 members (excludes halogenated alkanes) is 1. The first-order valence-corrected chi connectivity index (χ1v) is 10.9. The van der Waals surface area contributed by atoms with Gasteiger partial charge in [-0.25, -0.2) is 0 Å². The van der Waals surface area contributed by atoms with Crippen molar-refractivity contribution in [2.24, 2.45) is 11.8 Å². The fourth-order valence-electron chi connectivity index (χ4n) is 5.17. The van der Waals surface area contributed by atoms with Gasteiger partial charge in [-0.1, -0.05) is 18.2 Å². The van der Waals surface area contributed by atoms with Gasteiger partial charge in [0.25, 0.3) is 0 Å². The Balaban J connectivity index is 1.30. The van der Waals surface area contributed by atoms with Crippen LogP contribution >= 0.6 is 11.3 Å². The van der Waals surface area contributed by atoms with E-state index in [1.165, 1.54) is 11.3 Å². The molecule has 0 aromatic carbocycles. The SMILES string of the molecule is C/C=C/CCCC(=O)NC[C@H]1[C@H]2CN(Cc3cccs3)C[C@]23CC[C@H]1O3. The average molecular weight is 375 g/mol. The van der Waals surface area contributed by atoms with Gasteiger partial charge in [-0.2, -0.15) is 0 Å². The molecule has 4 rings (SSSR count). The van der Waals surface area contributed by atoms with Crippen molar-refractivity contribution in [2.75, 3.05) is 19.6 Å². The Morgan fingerprint density at radius 1 is 1.54 bits per heavy atom. The molecule has 26 heavy (non-hydrogen) atoms. The minimum Gasteiger partial charge on any atom is -0.370 e. The molecule has 0 unspecified atom stereocenters. The van der Waals surface area contributed by atoms with Gasteiger partial charge in [0.1, 0.15) is 0 Å². The molecule has 4 heterocycles. The summed E-state index contributed by atoms with van der Waals surface area (Å²) in [5.41, 5.74) is 0.0588. The number of hydrogen-bond donors (Lipinski definition) is 1. The first-order chi connectivity index (χ1) is 12.7. The molecule has 1 aromatic rings. The van der Waals surface area contributed by atoms with Gasteiger partial charge < -0.3 is 10.1 Å². The second-order valence-corrected chi connectivity index (χ2v) is 9.08. The molecule has 0 radical (unpaired) electrons. The van der Waals surface area contributed by atoms with E-state index in [2.05, 4.69) is 33.8 Å². The number of thiophene rings is 1. The predicted octanol–water partition coefficient (Wildman–Crippen LogP) is 3.59. The maximum absolute atomic E-state index is 12.2. The van der Waals surface area contributed by atoms with E-state index in [4.69, 9.17) is 4.74 Å². The molecule has 1 aromatic heterocycles. The van der Waals surface area contributed by atoms with Crippen LogP contribution < -0.4 is 5.32 Å². The molecule has 1 amide bonds. The standard InChI is InChI=1S/C21H30N2O2S/c1-2-3-4-5-8-20(24)22-12-17-18-14-23(13-16-7-6-11-26-16)15-21(18)10-9-19(17)25-21/h2-3,6-7,11,17-19H,4-5,8-10,12-15H2,1H3,(H,22,24)/b3-2+/t17-,18+,19+,21+/m0/s1. The van der Waals surface area contributed by atoms with Crippen molar-refractivity contribution >= 4 is 17.2 Å². The van der Waals surface area contributed by atoms with Crippen molar-refractivity contribution in [3.63, 3.8) is 0 Å². The number of carbonyl (C=O) groups is 1. The minimum absolute atomic E-state index is 0.0588. The Hall–Kier alpha value is -1.17. The summed E-state index contributed by atoms with van der Waals surface area (Å²) in [6.45, 7) is 6.00. The Kier molecular flexibility index (Phi) is 5.48. The molecule has 1 N–H and O–H groups in total. The number of ether oxygens (including phenoxy) is 1. The molecule has 3 saturated heterocycles. The van der Waals surface area contributed by atoms with Crippen LogP contribution in [0.2, 0.25) is 0 Å². The molecule has 4 nitrogen and oxygen atoms in total. The summed E-state index contributed by atoms with van der Waals surface area (Å²) < 4.78 is 6.49. The highest BCUT2D eigenvalue weighted by molar-refractivity contribution is 7.09. The highest BCUT2D eigenvalue weighted by atomic mass is 32.1. The summed E-state index contributed by atoms with van der Waals surface area (Å²) in [4.78, 5) is 16.1. The van der Waals surface area contributed by atoms with Crippen LogP contribution in [0.5, 0.6) is 0 Å². The van der Waals surface area contributed by atoms with Crippen molar-refractivity contribution in [3.8, 4) is 0 Å². The maximum Gasteiger partial charge on any atom is 0.220 e. The minimum atomic E-state index is 0.0588. The van der Waals surface area contributed by atoms with Gasteiger partial charge in [0.15, 0.2) is 0 Å². The monoisotopic (exact) mass is 374 g/mol. The van der Waals surface area contributed by atoms with Crippen LogP contribution in [-0.2, 0) is 16.1 Å². The molecule has 2 bridgehead atoms. The number of hydrogen-bond acceptors (Lipinski definition) is 4. The van der Waals surface area contributed by atoms with E-state index in [-0.39, 0.29) is 11.5 Å². The number of likely N-dealkylation sites (tertiary alicyclic amines) is 1. The molecule has 0 saturated carbocycles. The van der Waals surface area contributed by atoms with E-state index in [9.17, 15) is 4.79 Å². The van der Waals surface area contributed by atoms with Gasteiger partial charge in [0.05, 0.1) is 11.7 Å². The van der Waals surface area contributed by atoms with Crippen LogP contribution in [0.25, 0.3) is 0 Å². The van der Waals surface area contributed by atoms with Crippen LogP contribution in [-0.4, -0.2) is 42.1 Å². The largest absolute Gasteiger partial charge is 0.370 e.